The summed E-state index contributed by atoms with van der Waals surface area (Å²) in [6.45, 7) is -0.617. The Morgan fingerprint density at radius 3 is 2.02 bits per heavy atom. The van der Waals surface area contributed by atoms with E-state index < -0.39 is 105 Å². The summed E-state index contributed by atoms with van der Waals surface area (Å²) >= 11 is 20.0. The lowest BCUT2D eigenvalue weighted by molar-refractivity contribution is -0.125. The van der Waals surface area contributed by atoms with Crippen LogP contribution in [0.3, 0.4) is 0 Å². The molecule has 0 radical (unpaired) electrons. The normalized spacial score (nSPS) is 30.1. The molecular weight excluding hydrogens is 698 g/mol. The predicted octanol–water partition coefficient (Wildman–Crippen LogP) is 5.89. The fourth-order valence-electron chi connectivity index (χ4n) is 7.36. The molecule has 1 saturated carbocycles. The van der Waals surface area contributed by atoms with Gasteiger partial charge in [0.25, 0.3) is 11.8 Å². The van der Waals surface area contributed by atoms with E-state index in [9.17, 15) is 37.5 Å². The molecule has 4 aliphatic rings. The number of rotatable bonds is 4. The van der Waals surface area contributed by atoms with Crippen LogP contribution in [0.5, 0.6) is 0 Å². The number of anilines is 2. The molecule has 6 unspecified atom stereocenters. The van der Waals surface area contributed by atoms with Crippen LogP contribution in [0.2, 0.25) is 5.02 Å². The molecule has 0 spiro atoms. The van der Waals surface area contributed by atoms with Crippen molar-refractivity contribution in [3.8, 4) is 0 Å². The van der Waals surface area contributed by atoms with E-state index in [2.05, 4.69) is 0 Å². The number of allylic oxidation sites excluding steroid dienone is 2. The number of furan rings is 1. The standard InChI is InChI=1S/C31H18Cl3F5N2O6/c32-11-1-3-12(4-2-11)40-26(43)15-7-6-14-16(18(15)27(40)44)9-30(33)28(45)41(25-23(38)21(36)20(35)22(37)24(25)39)29(46)31(30,34)19(14)17-8-5-13(10-42)47-17/h1-6,8,15-16,18-19,42H,7,9-10H2. The smallest absolute Gasteiger partial charge is 0.258 e. The average Bonchev–Trinajstić information content (AvgIpc) is 3.67. The zero-order valence-corrected chi connectivity index (χ0v) is 25.6. The summed E-state index contributed by atoms with van der Waals surface area (Å²) in [4.78, 5) is 51.2. The molecule has 2 saturated heterocycles. The Kier molecular flexibility index (Phi) is 7.18. The van der Waals surface area contributed by atoms with Crippen molar-refractivity contribution >= 4 is 69.8 Å². The lowest BCUT2D eigenvalue weighted by atomic mass is 9.57. The summed E-state index contributed by atoms with van der Waals surface area (Å²) in [6.07, 6.45) is 0.841. The van der Waals surface area contributed by atoms with Crippen molar-refractivity contribution in [2.45, 2.75) is 35.1 Å². The minimum Gasteiger partial charge on any atom is -0.463 e. The lowest BCUT2D eigenvalue weighted by Gasteiger charge is -2.49. The maximum absolute atomic E-state index is 15.1. The minimum absolute atomic E-state index is 0.0220. The van der Waals surface area contributed by atoms with Crippen LogP contribution in [-0.4, -0.2) is 38.5 Å². The van der Waals surface area contributed by atoms with Crippen LogP contribution >= 0.6 is 34.8 Å². The molecule has 3 fully saturated rings. The van der Waals surface area contributed by atoms with Crippen LogP contribution in [0.4, 0.5) is 33.3 Å². The first-order valence-corrected chi connectivity index (χ1v) is 15.1. The van der Waals surface area contributed by atoms with E-state index in [0.717, 1.165) is 4.90 Å². The zero-order chi connectivity index (χ0) is 33.9. The number of aliphatic hydroxyl groups is 1. The van der Waals surface area contributed by atoms with Gasteiger partial charge in [0.1, 0.15) is 23.8 Å². The number of carbonyl (C=O) groups is 4. The van der Waals surface area contributed by atoms with Crippen LogP contribution in [0.25, 0.3) is 0 Å². The number of benzene rings is 2. The van der Waals surface area contributed by atoms with Crippen molar-refractivity contribution in [2.75, 3.05) is 9.80 Å². The first-order chi connectivity index (χ1) is 22.2. The lowest BCUT2D eigenvalue weighted by Crippen LogP contribution is -2.60. The van der Waals surface area contributed by atoms with Gasteiger partial charge < -0.3 is 9.52 Å². The van der Waals surface area contributed by atoms with E-state index in [1.54, 1.807) is 0 Å². The quantitative estimate of drug-likeness (QED) is 0.0903. The van der Waals surface area contributed by atoms with E-state index in [1.807, 2.05) is 0 Å². The van der Waals surface area contributed by atoms with E-state index in [0.29, 0.717) is 5.02 Å². The number of imide groups is 2. The van der Waals surface area contributed by atoms with Crippen LogP contribution in [-0.2, 0) is 25.8 Å². The first-order valence-electron chi connectivity index (χ1n) is 14.0. The summed E-state index contributed by atoms with van der Waals surface area (Å²) in [5.74, 6) is -21.8. The second kappa shape index (κ2) is 10.6. The molecule has 3 heterocycles. The van der Waals surface area contributed by atoms with Gasteiger partial charge in [-0.3, -0.25) is 24.1 Å². The fourth-order valence-corrected chi connectivity index (χ4v) is 8.40. The Labute approximate surface area is 276 Å². The van der Waals surface area contributed by atoms with Gasteiger partial charge in [0, 0.05) is 5.02 Å². The molecule has 6 atom stereocenters. The molecule has 244 valence electrons. The second-order valence-corrected chi connectivity index (χ2v) is 13.3. The largest absolute Gasteiger partial charge is 0.463 e. The van der Waals surface area contributed by atoms with Crippen LogP contribution in [0.15, 0.2) is 52.5 Å². The third-order valence-corrected chi connectivity index (χ3v) is 11.1. The molecule has 2 aliphatic heterocycles. The molecule has 2 aliphatic carbocycles. The van der Waals surface area contributed by atoms with Crippen molar-refractivity contribution < 1.29 is 50.7 Å². The van der Waals surface area contributed by atoms with Crippen molar-refractivity contribution in [3.63, 3.8) is 0 Å². The summed E-state index contributed by atoms with van der Waals surface area (Å²) in [5.41, 5.74) is -1.45. The number of nitrogens with zero attached hydrogens (tertiary/aromatic N) is 2. The number of halogens is 8. The topological polar surface area (TPSA) is 108 Å². The third kappa shape index (κ3) is 4.03. The summed E-state index contributed by atoms with van der Waals surface area (Å²) in [5, 5.41) is 10.0. The highest BCUT2D eigenvalue weighted by Crippen LogP contribution is 2.66. The molecule has 7 rings (SSSR count). The molecule has 8 nitrogen and oxygen atoms in total. The van der Waals surface area contributed by atoms with E-state index in [-0.39, 0.29) is 34.1 Å². The zero-order valence-electron chi connectivity index (χ0n) is 23.4. The van der Waals surface area contributed by atoms with Gasteiger partial charge in [-0.05, 0) is 55.2 Å². The number of aliphatic hydroxyl groups excluding tert-OH is 1. The highest BCUT2D eigenvalue weighted by Gasteiger charge is 2.77. The van der Waals surface area contributed by atoms with Gasteiger partial charge in [-0.1, -0.05) is 23.3 Å². The molecular formula is C31H18Cl3F5N2O6. The van der Waals surface area contributed by atoms with Crippen LogP contribution in [0, 0.1) is 46.8 Å². The van der Waals surface area contributed by atoms with Gasteiger partial charge in [-0.2, -0.15) is 0 Å². The number of carbonyl (C=O) groups excluding carboxylic acids is 4. The molecule has 1 N–H and O–H groups in total. The summed E-state index contributed by atoms with van der Waals surface area (Å²) in [6, 6.07) is 8.48. The molecule has 3 aromatic rings. The van der Waals surface area contributed by atoms with Gasteiger partial charge in [0.15, 0.2) is 33.0 Å². The van der Waals surface area contributed by atoms with Gasteiger partial charge in [0.2, 0.25) is 17.6 Å². The van der Waals surface area contributed by atoms with Crippen molar-refractivity contribution in [2.24, 2.45) is 17.8 Å². The SMILES string of the molecule is O=C1C2CC=C3C(CC4(Cl)C(=O)N(c5c(F)c(F)c(F)c(F)c5F)C(=O)C4(Cl)C3c3ccc(CO)o3)C2C(=O)N1c1ccc(Cl)cc1. The average molecular weight is 716 g/mol. The van der Waals surface area contributed by atoms with Crippen molar-refractivity contribution in [1.29, 1.82) is 0 Å². The minimum atomic E-state index is -2.72. The van der Waals surface area contributed by atoms with Crippen molar-refractivity contribution in [1.82, 2.24) is 0 Å². The van der Waals surface area contributed by atoms with Crippen LogP contribution < -0.4 is 9.80 Å². The van der Waals surface area contributed by atoms with E-state index >= 15 is 8.78 Å². The predicted molar refractivity (Wildman–Crippen MR) is 155 cm³/mol. The van der Waals surface area contributed by atoms with Crippen molar-refractivity contribution in [3.05, 3.63) is 93.7 Å². The molecule has 16 heteroatoms. The Morgan fingerprint density at radius 1 is 0.809 bits per heavy atom. The maximum atomic E-state index is 15.1. The number of hydrogen-bond donors (Lipinski definition) is 1. The maximum Gasteiger partial charge on any atom is 0.258 e. The molecule has 4 amide bonds. The van der Waals surface area contributed by atoms with Gasteiger partial charge >= 0.3 is 0 Å². The molecule has 0 bridgehead atoms. The number of amides is 4. The van der Waals surface area contributed by atoms with E-state index in [1.165, 1.54) is 42.5 Å². The van der Waals surface area contributed by atoms with E-state index in [4.69, 9.17) is 39.2 Å². The summed E-state index contributed by atoms with van der Waals surface area (Å²) < 4.78 is 78.5. The third-order valence-electron chi connectivity index (χ3n) is 9.43. The monoisotopic (exact) mass is 714 g/mol. The Bertz CT molecular complexity index is 1940. The Morgan fingerprint density at radius 2 is 1.43 bits per heavy atom. The highest BCUT2D eigenvalue weighted by molar-refractivity contribution is 6.58. The number of fused-ring (bicyclic) bond motifs is 4. The Hall–Kier alpha value is -3.78. The van der Waals surface area contributed by atoms with Gasteiger partial charge in [0.05, 0.1) is 23.4 Å². The highest BCUT2D eigenvalue weighted by atomic mass is 35.5. The number of hydrogen-bond acceptors (Lipinski definition) is 6. The van der Waals surface area contributed by atoms with Gasteiger partial charge in [-0.15, -0.1) is 23.2 Å². The number of alkyl halides is 2. The Balaban J connectivity index is 1.41. The van der Waals surface area contributed by atoms with Gasteiger partial charge in [-0.25, -0.2) is 26.9 Å². The first kappa shape index (κ1) is 31.8. The molecule has 2 aromatic carbocycles. The molecule has 47 heavy (non-hydrogen) atoms. The van der Waals surface area contributed by atoms with Crippen LogP contribution in [0.1, 0.15) is 30.3 Å². The summed E-state index contributed by atoms with van der Waals surface area (Å²) in [7, 11) is 0. The molecule has 1 aromatic heterocycles. The fraction of sp³-hybridized carbons (Fsp3) is 0.290. The second-order valence-electron chi connectivity index (χ2n) is 11.6.